The van der Waals surface area contributed by atoms with Gasteiger partial charge in [-0.3, -0.25) is 4.79 Å². The highest BCUT2D eigenvalue weighted by molar-refractivity contribution is 5.94. The van der Waals surface area contributed by atoms with Crippen LogP contribution in [0.2, 0.25) is 0 Å². The van der Waals surface area contributed by atoms with Crippen molar-refractivity contribution in [3.8, 4) is 5.69 Å². The van der Waals surface area contributed by atoms with Crippen molar-refractivity contribution in [3.63, 3.8) is 0 Å². The molecule has 2 aliphatic rings. The zero-order chi connectivity index (χ0) is 21.3. The van der Waals surface area contributed by atoms with Crippen molar-refractivity contribution >= 4 is 5.91 Å². The standard InChI is InChI=1S/C26H37N3O/c1-18(19-11-7-5-8-12-19)27-25(30)24-22-17-20(26(2,3)4)15-16-23(22)29(28-24)21-13-9-6-10-14-21/h6,9-10,13-14,18-20H,5,7-8,11-12,15-17H2,1-4H3,(H,27,30)/t18-,20?/m1/s1. The van der Waals surface area contributed by atoms with Crippen molar-refractivity contribution < 1.29 is 4.79 Å². The summed E-state index contributed by atoms with van der Waals surface area (Å²) in [5.41, 5.74) is 4.30. The number of carbonyl (C=O) groups excluding carboxylic acids is 1. The van der Waals surface area contributed by atoms with Crippen LogP contribution in [0.25, 0.3) is 5.69 Å². The molecule has 0 saturated heterocycles. The second-order valence-corrected chi connectivity index (χ2v) is 10.5. The fraction of sp³-hybridized carbons (Fsp3) is 0.615. The van der Waals surface area contributed by atoms with Crippen LogP contribution in [0.15, 0.2) is 30.3 Å². The van der Waals surface area contributed by atoms with Gasteiger partial charge in [0.2, 0.25) is 0 Å². The smallest absolute Gasteiger partial charge is 0.272 e. The monoisotopic (exact) mass is 407 g/mol. The molecule has 0 spiro atoms. The number of para-hydroxylation sites is 1. The van der Waals surface area contributed by atoms with E-state index in [2.05, 4.69) is 45.1 Å². The maximum atomic E-state index is 13.4. The SMILES string of the molecule is C[C@@H](NC(=O)c1nn(-c2ccccc2)c2c1CC(C(C)(C)C)CC2)C1CCCCC1. The average molecular weight is 408 g/mol. The molecular weight excluding hydrogens is 370 g/mol. The molecule has 1 fully saturated rings. The van der Waals surface area contributed by atoms with E-state index in [0.717, 1.165) is 24.9 Å². The Bertz CT molecular complexity index is 872. The Morgan fingerprint density at radius 3 is 2.47 bits per heavy atom. The van der Waals surface area contributed by atoms with Gasteiger partial charge in [0.15, 0.2) is 5.69 Å². The van der Waals surface area contributed by atoms with Crippen molar-refractivity contribution in [1.29, 1.82) is 0 Å². The Balaban J connectivity index is 1.65. The van der Waals surface area contributed by atoms with E-state index in [4.69, 9.17) is 5.10 Å². The van der Waals surface area contributed by atoms with Crippen LogP contribution >= 0.6 is 0 Å². The maximum absolute atomic E-state index is 13.4. The summed E-state index contributed by atoms with van der Waals surface area (Å²) in [7, 11) is 0. The van der Waals surface area contributed by atoms with Gasteiger partial charge in [-0.1, -0.05) is 58.2 Å². The Morgan fingerprint density at radius 2 is 1.80 bits per heavy atom. The number of nitrogens with one attached hydrogen (secondary N) is 1. The first kappa shape index (κ1) is 21.1. The minimum absolute atomic E-state index is 0.00793. The largest absolute Gasteiger partial charge is 0.348 e. The van der Waals surface area contributed by atoms with E-state index in [9.17, 15) is 4.79 Å². The van der Waals surface area contributed by atoms with Gasteiger partial charge in [0.25, 0.3) is 5.91 Å². The van der Waals surface area contributed by atoms with Crippen LogP contribution in [-0.4, -0.2) is 21.7 Å². The summed E-state index contributed by atoms with van der Waals surface area (Å²) in [6, 6.07) is 10.5. The lowest BCUT2D eigenvalue weighted by molar-refractivity contribution is 0.0911. The van der Waals surface area contributed by atoms with Crippen molar-refractivity contribution in [1.82, 2.24) is 15.1 Å². The van der Waals surface area contributed by atoms with Crippen LogP contribution in [0.1, 0.15) is 88.0 Å². The molecule has 4 nitrogen and oxygen atoms in total. The Kier molecular flexibility index (Phi) is 6.04. The van der Waals surface area contributed by atoms with Gasteiger partial charge in [-0.05, 0) is 68.4 Å². The number of carbonyl (C=O) groups is 1. The molecule has 2 aliphatic carbocycles. The molecule has 2 atom stereocenters. The molecule has 0 radical (unpaired) electrons. The molecule has 1 heterocycles. The summed E-state index contributed by atoms with van der Waals surface area (Å²) in [6.07, 6.45) is 9.42. The summed E-state index contributed by atoms with van der Waals surface area (Å²) in [4.78, 5) is 13.4. The van der Waals surface area contributed by atoms with Crippen LogP contribution in [0.3, 0.4) is 0 Å². The van der Waals surface area contributed by atoms with Crippen molar-refractivity contribution in [2.45, 2.75) is 85.1 Å². The second kappa shape index (κ2) is 8.56. The van der Waals surface area contributed by atoms with Crippen LogP contribution in [0, 0.1) is 17.3 Å². The first-order valence-electron chi connectivity index (χ1n) is 11.8. The number of hydrogen-bond acceptors (Lipinski definition) is 2. The zero-order valence-electron chi connectivity index (χ0n) is 19.1. The highest BCUT2D eigenvalue weighted by Crippen LogP contribution is 2.39. The van der Waals surface area contributed by atoms with Gasteiger partial charge in [-0.25, -0.2) is 4.68 Å². The van der Waals surface area contributed by atoms with E-state index in [0.29, 0.717) is 17.5 Å². The Morgan fingerprint density at radius 1 is 1.10 bits per heavy atom. The summed E-state index contributed by atoms with van der Waals surface area (Å²) in [6.45, 7) is 9.12. The maximum Gasteiger partial charge on any atom is 0.272 e. The molecule has 1 N–H and O–H groups in total. The molecule has 0 aliphatic heterocycles. The molecule has 1 unspecified atom stereocenters. The van der Waals surface area contributed by atoms with Gasteiger partial charge in [0.05, 0.1) is 5.69 Å². The van der Waals surface area contributed by atoms with Crippen molar-refractivity contribution in [3.05, 3.63) is 47.3 Å². The molecule has 30 heavy (non-hydrogen) atoms. The predicted octanol–water partition coefficient (Wildman–Crippen LogP) is 5.72. The van der Waals surface area contributed by atoms with E-state index in [1.807, 2.05) is 22.9 Å². The van der Waals surface area contributed by atoms with Crippen LogP contribution < -0.4 is 5.32 Å². The molecule has 1 aromatic heterocycles. The van der Waals surface area contributed by atoms with Gasteiger partial charge in [-0.2, -0.15) is 5.10 Å². The molecule has 0 bridgehead atoms. The number of nitrogens with zero attached hydrogens (tertiary/aromatic N) is 2. The number of benzene rings is 1. The summed E-state index contributed by atoms with van der Waals surface area (Å²) >= 11 is 0. The highest BCUT2D eigenvalue weighted by atomic mass is 16.2. The number of fused-ring (bicyclic) bond motifs is 1. The number of amides is 1. The third-order valence-corrected chi connectivity index (χ3v) is 7.43. The lowest BCUT2D eigenvalue weighted by Gasteiger charge is -2.34. The van der Waals surface area contributed by atoms with Crippen LogP contribution in [-0.2, 0) is 12.8 Å². The van der Waals surface area contributed by atoms with E-state index in [1.165, 1.54) is 43.4 Å². The van der Waals surface area contributed by atoms with E-state index < -0.39 is 0 Å². The van der Waals surface area contributed by atoms with E-state index in [-0.39, 0.29) is 17.4 Å². The van der Waals surface area contributed by atoms with Crippen molar-refractivity contribution in [2.75, 3.05) is 0 Å². The minimum atomic E-state index is 0.00793. The molecule has 4 rings (SSSR count). The minimum Gasteiger partial charge on any atom is -0.348 e. The molecular formula is C26H37N3O. The van der Waals surface area contributed by atoms with Crippen LogP contribution in [0.5, 0.6) is 0 Å². The number of rotatable bonds is 4. The number of aromatic nitrogens is 2. The Labute approximate surface area is 181 Å². The third-order valence-electron chi connectivity index (χ3n) is 7.43. The van der Waals surface area contributed by atoms with Gasteiger partial charge in [-0.15, -0.1) is 0 Å². The van der Waals surface area contributed by atoms with Gasteiger partial charge < -0.3 is 5.32 Å². The fourth-order valence-electron chi connectivity index (χ4n) is 5.35. The number of hydrogen-bond donors (Lipinski definition) is 1. The summed E-state index contributed by atoms with van der Waals surface area (Å²) in [5.74, 6) is 1.17. The van der Waals surface area contributed by atoms with Gasteiger partial charge in [0, 0.05) is 17.3 Å². The first-order chi connectivity index (χ1) is 14.3. The fourth-order valence-corrected chi connectivity index (χ4v) is 5.35. The van der Waals surface area contributed by atoms with E-state index >= 15 is 0 Å². The average Bonchev–Trinajstić information content (AvgIpc) is 3.13. The predicted molar refractivity (Wildman–Crippen MR) is 122 cm³/mol. The second-order valence-electron chi connectivity index (χ2n) is 10.5. The summed E-state index contributed by atoms with van der Waals surface area (Å²) in [5, 5.41) is 8.20. The van der Waals surface area contributed by atoms with Gasteiger partial charge >= 0.3 is 0 Å². The topological polar surface area (TPSA) is 46.9 Å². The molecule has 1 amide bonds. The third kappa shape index (κ3) is 4.33. The quantitative estimate of drug-likeness (QED) is 0.704. The molecule has 2 aromatic rings. The lowest BCUT2D eigenvalue weighted by Crippen LogP contribution is -2.39. The Hall–Kier alpha value is -2.10. The van der Waals surface area contributed by atoms with Crippen LogP contribution in [0.4, 0.5) is 0 Å². The zero-order valence-corrected chi connectivity index (χ0v) is 19.1. The molecule has 1 aromatic carbocycles. The normalized spacial score (nSPS) is 21.1. The van der Waals surface area contributed by atoms with Gasteiger partial charge in [0.1, 0.15) is 0 Å². The van der Waals surface area contributed by atoms with Crippen molar-refractivity contribution in [2.24, 2.45) is 17.3 Å². The molecule has 1 saturated carbocycles. The molecule has 162 valence electrons. The van der Waals surface area contributed by atoms with E-state index in [1.54, 1.807) is 0 Å². The molecule has 4 heteroatoms. The highest BCUT2D eigenvalue weighted by Gasteiger charge is 2.35. The first-order valence-corrected chi connectivity index (χ1v) is 11.8. The lowest BCUT2D eigenvalue weighted by atomic mass is 9.71. The summed E-state index contributed by atoms with van der Waals surface area (Å²) < 4.78 is 2.02.